The quantitative estimate of drug-likeness (QED) is 0.133. The molecule has 7 aromatic rings. The molecule has 0 nitrogen and oxygen atoms in total. The number of fused-ring (bicyclic) bond motifs is 5. The fraction of sp³-hybridized carbons (Fsp3) is 0. The molecule has 0 aliphatic heterocycles. The van der Waals surface area contributed by atoms with Crippen LogP contribution in [0.3, 0.4) is 0 Å². The Morgan fingerprint density at radius 1 is 0.316 bits per heavy atom. The third-order valence-corrected chi connectivity index (χ3v) is 7.42. The summed E-state index contributed by atoms with van der Waals surface area (Å²) in [6.07, 6.45) is 8.97. The second kappa shape index (κ2) is 9.50. The normalized spacial score (nSPS) is 12.0. The Labute approximate surface area is 222 Å². The third-order valence-electron chi connectivity index (χ3n) is 7.42. The van der Waals surface area contributed by atoms with Crippen LogP contribution in [0.15, 0.2) is 133 Å². The molecular formula is C38H26. The van der Waals surface area contributed by atoms with E-state index in [9.17, 15) is 0 Å². The lowest BCUT2D eigenvalue weighted by molar-refractivity contribution is 1.62. The highest BCUT2D eigenvalue weighted by Crippen LogP contribution is 2.31. The third kappa shape index (κ3) is 4.07. The Hall–Kier alpha value is -4.94. The van der Waals surface area contributed by atoms with Gasteiger partial charge in [0.1, 0.15) is 0 Å². The van der Waals surface area contributed by atoms with Gasteiger partial charge in [-0.1, -0.05) is 140 Å². The molecule has 0 aliphatic carbocycles. The number of benzene rings is 7. The van der Waals surface area contributed by atoms with Crippen LogP contribution < -0.4 is 0 Å². The second-order valence-corrected chi connectivity index (χ2v) is 9.80. The average molecular weight is 483 g/mol. The van der Waals surface area contributed by atoms with Gasteiger partial charge in [0.15, 0.2) is 0 Å². The van der Waals surface area contributed by atoms with Crippen LogP contribution in [-0.2, 0) is 0 Å². The molecule has 178 valence electrons. The summed E-state index contributed by atoms with van der Waals surface area (Å²) in [6, 6.07) is 47.9. The van der Waals surface area contributed by atoms with E-state index >= 15 is 0 Å². The first-order chi connectivity index (χ1) is 18.8. The van der Waals surface area contributed by atoms with E-state index in [1.165, 1.54) is 65.3 Å². The van der Waals surface area contributed by atoms with Crippen LogP contribution >= 0.6 is 0 Å². The maximum absolute atomic E-state index is 2.30. The number of hydrogen-bond donors (Lipinski definition) is 0. The topological polar surface area (TPSA) is 0 Å². The van der Waals surface area contributed by atoms with Crippen LogP contribution in [0.25, 0.3) is 67.4 Å². The largest absolute Gasteiger partial charge is 0.0616 e. The van der Waals surface area contributed by atoms with Gasteiger partial charge in [-0.05, 0) is 83.5 Å². The fourth-order valence-electron chi connectivity index (χ4n) is 5.58. The van der Waals surface area contributed by atoms with Gasteiger partial charge in [0.05, 0.1) is 0 Å². The summed E-state index contributed by atoms with van der Waals surface area (Å²) in [5, 5.41) is 10.2. The zero-order chi connectivity index (χ0) is 25.3. The van der Waals surface area contributed by atoms with Gasteiger partial charge in [0.25, 0.3) is 0 Å². The smallest absolute Gasteiger partial charge is 0.00992 e. The van der Waals surface area contributed by atoms with Crippen LogP contribution in [0.1, 0.15) is 22.3 Å². The molecule has 0 spiro atoms. The molecule has 0 saturated heterocycles. The average Bonchev–Trinajstić information content (AvgIpc) is 2.98. The van der Waals surface area contributed by atoms with E-state index in [4.69, 9.17) is 0 Å². The predicted molar refractivity (Wildman–Crippen MR) is 167 cm³/mol. The minimum absolute atomic E-state index is 1.19. The van der Waals surface area contributed by atoms with E-state index in [0.717, 1.165) is 0 Å². The molecule has 0 N–H and O–H groups in total. The Balaban J connectivity index is 1.26. The Kier molecular flexibility index (Phi) is 5.57. The highest BCUT2D eigenvalue weighted by molar-refractivity contribution is 6.11. The van der Waals surface area contributed by atoms with E-state index in [2.05, 4.69) is 158 Å². The minimum atomic E-state index is 1.19. The van der Waals surface area contributed by atoms with Crippen molar-refractivity contribution >= 4 is 67.4 Å². The van der Waals surface area contributed by atoms with Crippen molar-refractivity contribution < 1.29 is 0 Å². The van der Waals surface area contributed by atoms with Crippen LogP contribution in [0.2, 0.25) is 0 Å². The highest BCUT2D eigenvalue weighted by atomic mass is 14.1. The monoisotopic (exact) mass is 482 g/mol. The molecule has 0 heterocycles. The molecule has 0 unspecified atom stereocenters. The van der Waals surface area contributed by atoms with Crippen molar-refractivity contribution in [2.24, 2.45) is 0 Å². The maximum Gasteiger partial charge on any atom is -0.00992 e. The lowest BCUT2D eigenvalue weighted by Crippen LogP contribution is -1.84. The van der Waals surface area contributed by atoms with Crippen molar-refractivity contribution in [2.45, 2.75) is 0 Å². The molecule has 0 aliphatic rings. The molecule has 0 atom stereocenters. The first-order valence-electron chi connectivity index (χ1n) is 13.1. The van der Waals surface area contributed by atoms with Gasteiger partial charge >= 0.3 is 0 Å². The zero-order valence-electron chi connectivity index (χ0n) is 21.0. The summed E-state index contributed by atoms with van der Waals surface area (Å²) in [5.74, 6) is 0. The summed E-state index contributed by atoms with van der Waals surface area (Å²) in [6.45, 7) is 0. The van der Waals surface area contributed by atoms with Gasteiger partial charge < -0.3 is 0 Å². The van der Waals surface area contributed by atoms with E-state index in [1.54, 1.807) is 0 Å². The summed E-state index contributed by atoms with van der Waals surface area (Å²) in [5.41, 5.74) is 4.88. The molecule has 0 amide bonds. The van der Waals surface area contributed by atoms with Gasteiger partial charge in [-0.25, -0.2) is 0 Å². The Morgan fingerprint density at radius 3 is 1.47 bits per heavy atom. The molecule has 0 fully saturated rings. The van der Waals surface area contributed by atoms with E-state index in [0.29, 0.717) is 0 Å². The molecule has 0 heteroatoms. The van der Waals surface area contributed by atoms with Crippen molar-refractivity contribution in [2.75, 3.05) is 0 Å². The molecule has 38 heavy (non-hydrogen) atoms. The van der Waals surface area contributed by atoms with Gasteiger partial charge in [-0.3, -0.25) is 0 Å². The van der Waals surface area contributed by atoms with Crippen LogP contribution in [0, 0.1) is 0 Å². The van der Waals surface area contributed by atoms with Crippen molar-refractivity contribution in [3.05, 3.63) is 156 Å². The van der Waals surface area contributed by atoms with Crippen LogP contribution in [0.5, 0.6) is 0 Å². The standard InChI is InChI=1S/C38H26/c1-4-15-33-31(14-1)26-32(36-18-7-8-19-37(33)36)22-20-27-10-9-11-28(24-27)21-23-38-34-16-5-2-12-29(34)25-30-13-3-6-17-35(30)38/h1-26H/b22-20+,23-21+. The molecule has 0 radical (unpaired) electrons. The lowest BCUT2D eigenvalue weighted by atomic mass is 9.96. The molecule has 0 saturated carbocycles. The summed E-state index contributed by atoms with van der Waals surface area (Å²) < 4.78 is 0. The van der Waals surface area contributed by atoms with Crippen LogP contribution in [0.4, 0.5) is 0 Å². The van der Waals surface area contributed by atoms with E-state index in [-0.39, 0.29) is 0 Å². The van der Waals surface area contributed by atoms with Crippen molar-refractivity contribution in [1.29, 1.82) is 0 Å². The second-order valence-electron chi connectivity index (χ2n) is 9.80. The molecular weight excluding hydrogens is 456 g/mol. The van der Waals surface area contributed by atoms with Gasteiger partial charge in [-0.2, -0.15) is 0 Å². The molecule has 0 aromatic heterocycles. The van der Waals surface area contributed by atoms with Crippen molar-refractivity contribution in [3.63, 3.8) is 0 Å². The highest BCUT2D eigenvalue weighted by Gasteiger charge is 2.06. The van der Waals surface area contributed by atoms with Crippen LogP contribution in [-0.4, -0.2) is 0 Å². The van der Waals surface area contributed by atoms with Gasteiger partial charge in [0.2, 0.25) is 0 Å². The predicted octanol–water partition coefficient (Wildman–Crippen LogP) is 10.6. The number of hydrogen-bond acceptors (Lipinski definition) is 0. The molecule has 7 aromatic carbocycles. The summed E-state index contributed by atoms with van der Waals surface area (Å²) in [4.78, 5) is 0. The van der Waals surface area contributed by atoms with Gasteiger partial charge in [0, 0.05) is 0 Å². The Morgan fingerprint density at radius 2 is 0.816 bits per heavy atom. The fourth-order valence-corrected chi connectivity index (χ4v) is 5.58. The minimum Gasteiger partial charge on any atom is -0.0616 e. The molecule has 0 bridgehead atoms. The van der Waals surface area contributed by atoms with E-state index in [1.807, 2.05) is 0 Å². The Bertz CT molecular complexity index is 1970. The lowest BCUT2D eigenvalue weighted by Gasteiger charge is -2.08. The summed E-state index contributed by atoms with van der Waals surface area (Å²) >= 11 is 0. The van der Waals surface area contributed by atoms with Gasteiger partial charge in [-0.15, -0.1) is 0 Å². The summed E-state index contributed by atoms with van der Waals surface area (Å²) in [7, 11) is 0. The zero-order valence-corrected chi connectivity index (χ0v) is 21.0. The SMILES string of the molecule is C(=C\c1c2ccccc2cc2ccccc12)/c1cccc(/C=C/c2cc3ccccc3c3ccccc23)c1. The maximum atomic E-state index is 2.30. The van der Waals surface area contributed by atoms with Crippen molar-refractivity contribution in [1.82, 2.24) is 0 Å². The first-order valence-corrected chi connectivity index (χ1v) is 13.1. The first kappa shape index (κ1) is 22.3. The molecule has 7 rings (SSSR count). The number of rotatable bonds is 4. The van der Waals surface area contributed by atoms with Crippen molar-refractivity contribution in [3.8, 4) is 0 Å². The van der Waals surface area contributed by atoms with E-state index < -0.39 is 0 Å².